The van der Waals surface area contributed by atoms with E-state index in [0.717, 1.165) is 29.7 Å². The summed E-state index contributed by atoms with van der Waals surface area (Å²) in [7, 11) is 0. The van der Waals surface area contributed by atoms with Gasteiger partial charge < -0.3 is 10.3 Å². The second kappa shape index (κ2) is 9.47. The van der Waals surface area contributed by atoms with Crippen LogP contribution in [0.2, 0.25) is 0 Å². The van der Waals surface area contributed by atoms with Crippen molar-refractivity contribution in [3.63, 3.8) is 0 Å². The Morgan fingerprint density at radius 2 is 1.87 bits per heavy atom. The van der Waals surface area contributed by atoms with E-state index in [0.29, 0.717) is 28.8 Å². The number of benzene rings is 2. The van der Waals surface area contributed by atoms with Crippen molar-refractivity contribution in [2.45, 2.75) is 24.9 Å². The van der Waals surface area contributed by atoms with Crippen molar-refractivity contribution in [2.24, 2.45) is 0 Å². The summed E-state index contributed by atoms with van der Waals surface area (Å²) in [5.41, 5.74) is 4.48. The minimum atomic E-state index is 0.487. The summed E-state index contributed by atoms with van der Waals surface area (Å²) in [4.78, 5) is 12.7. The van der Waals surface area contributed by atoms with E-state index in [1.165, 1.54) is 10.9 Å². The molecule has 0 saturated heterocycles. The Balaban J connectivity index is 1.61. The van der Waals surface area contributed by atoms with Gasteiger partial charge in [0.1, 0.15) is 17.5 Å². The molecule has 0 bridgehead atoms. The Hall–Kier alpha value is -3.30. The lowest BCUT2D eigenvalue weighted by Crippen LogP contribution is -2.10. The lowest BCUT2D eigenvalue weighted by Gasteiger charge is -2.12. The van der Waals surface area contributed by atoms with Gasteiger partial charge >= 0.3 is 0 Å². The highest BCUT2D eigenvalue weighted by Gasteiger charge is 2.16. The average Bonchev–Trinajstić information content (AvgIpc) is 3.21. The molecule has 0 unspecified atom stereocenters. The fraction of sp³-hybridized carbons (Fsp3) is 0.208. The molecule has 0 atom stereocenters. The summed E-state index contributed by atoms with van der Waals surface area (Å²) in [6, 6.07) is 20.4. The highest BCUT2D eigenvalue weighted by molar-refractivity contribution is 7.99. The van der Waals surface area contributed by atoms with Gasteiger partial charge in [0.15, 0.2) is 5.16 Å². The van der Waals surface area contributed by atoms with Crippen molar-refractivity contribution in [1.82, 2.24) is 15.0 Å². The molecule has 6 heteroatoms. The lowest BCUT2D eigenvalue weighted by molar-refractivity contribution is 0.936. The second-order valence-electron chi connectivity index (χ2n) is 6.94. The molecule has 0 spiro atoms. The Kier molecular flexibility index (Phi) is 6.31. The van der Waals surface area contributed by atoms with Gasteiger partial charge in [-0.1, -0.05) is 67.2 Å². The summed E-state index contributed by atoms with van der Waals surface area (Å²) in [6.45, 7) is 2.81. The first-order valence-corrected chi connectivity index (χ1v) is 11.1. The number of aromatic nitrogens is 3. The van der Waals surface area contributed by atoms with E-state index in [1.54, 1.807) is 11.8 Å². The van der Waals surface area contributed by atoms with E-state index in [4.69, 9.17) is 4.98 Å². The van der Waals surface area contributed by atoms with Crippen LogP contribution >= 0.6 is 11.8 Å². The fourth-order valence-electron chi connectivity index (χ4n) is 3.39. The summed E-state index contributed by atoms with van der Waals surface area (Å²) in [5.74, 6) is 1.54. The van der Waals surface area contributed by atoms with Crippen molar-refractivity contribution < 1.29 is 0 Å². The highest BCUT2D eigenvalue weighted by Crippen LogP contribution is 2.29. The minimum Gasteiger partial charge on any atom is -0.368 e. The van der Waals surface area contributed by atoms with E-state index >= 15 is 0 Å². The molecule has 5 nitrogen and oxygen atoms in total. The van der Waals surface area contributed by atoms with E-state index in [-0.39, 0.29) is 0 Å². The summed E-state index contributed by atoms with van der Waals surface area (Å²) in [6.07, 6.45) is 3.92. The van der Waals surface area contributed by atoms with Gasteiger partial charge in [-0.3, -0.25) is 0 Å². The van der Waals surface area contributed by atoms with Crippen LogP contribution in [0.1, 0.15) is 24.5 Å². The van der Waals surface area contributed by atoms with Crippen molar-refractivity contribution in [1.29, 1.82) is 5.26 Å². The molecule has 0 saturated carbocycles. The smallest absolute Gasteiger partial charge is 0.190 e. The number of fused-ring (bicyclic) bond motifs is 1. The molecular weight excluding hydrogens is 390 g/mol. The third kappa shape index (κ3) is 4.32. The lowest BCUT2D eigenvalue weighted by atomic mass is 10.1. The summed E-state index contributed by atoms with van der Waals surface area (Å²) >= 11 is 1.62. The van der Waals surface area contributed by atoms with Gasteiger partial charge in [0.25, 0.3) is 0 Å². The quantitative estimate of drug-likeness (QED) is 0.288. The maximum absolute atomic E-state index is 9.87. The van der Waals surface area contributed by atoms with E-state index in [9.17, 15) is 5.26 Å². The average molecular weight is 414 g/mol. The molecule has 4 rings (SSSR count). The molecule has 4 aromatic rings. The van der Waals surface area contributed by atoms with E-state index in [2.05, 4.69) is 52.7 Å². The second-order valence-corrected chi connectivity index (χ2v) is 8.00. The van der Waals surface area contributed by atoms with Crippen molar-refractivity contribution in [3.05, 3.63) is 71.9 Å². The van der Waals surface area contributed by atoms with Crippen molar-refractivity contribution >= 4 is 28.5 Å². The normalized spacial score (nSPS) is 10.8. The van der Waals surface area contributed by atoms with Gasteiger partial charge in [-0.15, -0.1) is 0 Å². The summed E-state index contributed by atoms with van der Waals surface area (Å²) < 4.78 is 0. The number of nitriles is 1. The molecule has 0 amide bonds. The number of para-hydroxylation sites is 1. The first-order chi connectivity index (χ1) is 14.8. The molecular formula is C24H23N5S. The molecule has 0 aliphatic rings. The first-order valence-electron chi connectivity index (χ1n) is 10.1. The predicted octanol–water partition coefficient (Wildman–Crippen LogP) is 5.65. The van der Waals surface area contributed by atoms with Gasteiger partial charge in [-0.05, 0) is 24.5 Å². The number of aromatic amines is 1. The third-order valence-corrected chi connectivity index (χ3v) is 5.90. The highest BCUT2D eigenvalue weighted by atomic mass is 32.2. The third-order valence-electron chi connectivity index (χ3n) is 4.84. The molecule has 0 radical (unpaired) electrons. The number of nitrogens with zero attached hydrogens (tertiary/aromatic N) is 3. The number of anilines is 1. The molecule has 2 N–H and O–H groups in total. The standard InChI is InChI=1S/C24H23N5S/c1-2-14-30-24-28-22(17-8-4-3-5-9-17)20(15-25)23(29-24)26-13-12-18-16-27-21-11-7-6-10-19(18)21/h3-11,16,27H,2,12-14H2,1H3,(H,26,28,29). The van der Waals surface area contributed by atoms with Gasteiger partial charge in [0.2, 0.25) is 0 Å². The maximum atomic E-state index is 9.87. The Morgan fingerprint density at radius 3 is 2.67 bits per heavy atom. The molecule has 30 heavy (non-hydrogen) atoms. The van der Waals surface area contributed by atoms with Crippen LogP contribution in [-0.4, -0.2) is 27.2 Å². The zero-order chi connectivity index (χ0) is 20.8. The fourth-order valence-corrected chi connectivity index (χ4v) is 4.09. The summed E-state index contributed by atoms with van der Waals surface area (Å²) in [5, 5.41) is 15.2. The SMILES string of the molecule is CCCSc1nc(NCCc2c[nH]c3ccccc23)c(C#N)c(-c2ccccc2)n1. The number of H-pyrrole nitrogens is 1. The van der Waals surface area contributed by atoms with Crippen LogP contribution in [0.5, 0.6) is 0 Å². The van der Waals surface area contributed by atoms with Crippen LogP contribution < -0.4 is 5.32 Å². The Labute approximate surface area is 180 Å². The first kappa shape index (κ1) is 20.0. The zero-order valence-corrected chi connectivity index (χ0v) is 17.7. The molecule has 150 valence electrons. The molecule has 2 heterocycles. The molecule has 2 aromatic carbocycles. The molecule has 0 fully saturated rings. The monoisotopic (exact) mass is 413 g/mol. The zero-order valence-electron chi connectivity index (χ0n) is 16.9. The molecule has 0 aliphatic heterocycles. The van der Waals surface area contributed by atoms with Crippen LogP contribution in [0.4, 0.5) is 5.82 Å². The van der Waals surface area contributed by atoms with Crippen LogP contribution in [0.3, 0.4) is 0 Å². The van der Waals surface area contributed by atoms with E-state index in [1.807, 2.05) is 36.4 Å². The topological polar surface area (TPSA) is 77.4 Å². The maximum Gasteiger partial charge on any atom is 0.190 e. The van der Waals surface area contributed by atoms with Gasteiger partial charge in [0.05, 0.1) is 5.69 Å². The van der Waals surface area contributed by atoms with Crippen LogP contribution in [0.25, 0.3) is 22.2 Å². The van der Waals surface area contributed by atoms with Crippen LogP contribution in [-0.2, 0) is 6.42 Å². The van der Waals surface area contributed by atoms with Gasteiger partial charge in [-0.2, -0.15) is 5.26 Å². The number of hydrogen-bond donors (Lipinski definition) is 2. The largest absolute Gasteiger partial charge is 0.368 e. The number of thioether (sulfide) groups is 1. The van der Waals surface area contributed by atoms with Crippen molar-refractivity contribution in [3.8, 4) is 17.3 Å². The molecule has 0 aliphatic carbocycles. The van der Waals surface area contributed by atoms with Crippen molar-refractivity contribution in [2.75, 3.05) is 17.6 Å². The molecule has 2 aromatic heterocycles. The minimum absolute atomic E-state index is 0.487. The Bertz CT molecular complexity index is 1180. The Morgan fingerprint density at radius 1 is 1.07 bits per heavy atom. The van der Waals surface area contributed by atoms with Crippen LogP contribution in [0, 0.1) is 11.3 Å². The van der Waals surface area contributed by atoms with Gasteiger partial charge in [-0.25, -0.2) is 9.97 Å². The number of nitrogens with one attached hydrogen (secondary N) is 2. The predicted molar refractivity (Wildman–Crippen MR) is 124 cm³/mol. The van der Waals surface area contributed by atoms with E-state index < -0.39 is 0 Å². The number of hydrogen-bond acceptors (Lipinski definition) is 5. The number of rotatable bonds is 8. The van der Waals surface area contributed by atoms with Gasteiger partial charge in [0, 0.05) is 35.0 Å². The van der Waals surface area contributed by atoms with Crippen LogP contribution in [0.15, 0.2) is 66.0 Å².